The summed E-state index contributed by atoms with van der Waals surface area (Å²) in [7, 11) is 0. The SMILES string of the molecule is CCn1cc(NC(=O)[C@H]2[C@@H](C(=O)O)[C@H]3C=C[C@@H]2C3)c(C(=O)NC2CCCCC2)n1. The van der Waals surface area contributed by atoms with Crippen molar-refractivity contribution in [1.29, 1.82) is 0 Å². The van der Waals surface area contributed by atoms with Crippen molar-refractivity contribution in [3.8, 4) is 0 Å². The van der Waals surface area contributed by atoms with E-state index < -0.39 is 17.8 Å². The normalized spacial score (nSPS) is 28.4. The smallest absolute Gasteiger partial charge is 0.307 e. The first-order valence-electron chi connectivity index (χ1n) is 10.6. The highest BCUT2D eigenvalue weighted by Crippen LogP contribution is 2.48. The number of anilines is 1. The summed E-state index contributed by atoms with van der Waals surface area (Å²) in [5.74, 6) is -3.09. The summed E-state index contributed by atoms with van der Waals surface area (Å²) < 4.78 is 1.61. The van der Waals surface area contributed by atoms with Crippen LogP contribution in [0.4, 0.5) is 5.69 Å². The molecule has 0 unspecified atom stereocenters. The fourth-order valence-electron chi connectivity index (χ4n) is 5.08. The summed E-state index contributed by atoms with van der Waals surface area (Å²) in [5.41, 5.74) is 0.539. The molecule has 0 aliphatic heterocycles. The van der Waals surface area contributed by atoms with Gasteiger partial charge in [-0.1, -0.05) is 31.4 Å². The van der Waals surface area contributed by atoms with Gasteiger partial charge in [-0.2, -0.15) is 5.10 Å². The van der Waals surface area contributed by atoms with Gasteiger partial charge in [0.1, 0.15) is 0 Å². The number of aliphatic carboxylic acids is 1. The molecule has 0 saturated heterocycles. The Hall–Kier alpha value is -2.64. The van der Waals surface area contributed by atoms with Crippen LogP contribution < -0.4 is 10.6 Å². The van der Waals surface area contributed by atoms with Gasteiger partial charge in [0.05, 0.1) is 17.5 Å². The molecule has 1 aromatic rings. The number of hydrogen-bond acceptors (Lipinski definition) is 4. The van der Waals surface area contributed by atoms with Crippen LogP contribution in [0, 0.1) is 23.7 Å². The van der Waals surface area contributed by atoms with Gasteiger partial charge < -0.3 is 15.7 Å². The van der Waals surface area contributed by atoms with Crippen LogP contribution in [0.1, 0.15) is 55.9 Å². The lowest BCUT2D eigenvalue weighted by Gasteiger charge is -2.24. The lowest BCUT2D eigenvalue weighted by Crippen LogP contribution is -2.38. The maximum absolute atomic E-state index is 13.0. The molecule has 2 saturated carbocycles. The maximum atomic E-state index is 13.0. The van der Waals surface area contributed by atoms with Gasteiger partial charge in [0.2, 0.25) is 5.91 Å². The molecule has 4 rings (SSSR count). The van der Waals surface area contributed by atoms with E-state index in [1.807, 2.05) is 19.1 Å². The van der Waals surface area contributed by atoms with E-state index in [4.69, 9.17) is 0 Å². The molecule has 1 aromatic heterocycles. The Morgan fingerprint density at radius 2 is 1.83 bits per heavy atom. The first-order valence-corrected chi connectivity index (χ1v) is 10.6. The zero-order valence-electron chi connectivity index (χ0n) is 16.6. The zero-order valence-corrected chi connectivity index (χ0v) is 16.6. The number of allylic oxidation sites excluding steroid dienone is 2. The summed E-state index contributed by atoms with van der Waals surface area (Å²) >= 11 is 0. The van der Waals surface area contributed by atoms with Gasteiger partial charge in [-0.05, 0) is 38.0 Å². The highest BCUT2D eigenvalue weighted by atomic mass is 16.4. The molecule has 3 N–H and O–H groups in total. The highest BCUT2D eigenvalue weighted by Gasteiger charge is 2.51. The molecule has 2 fully saturated rings. The molecule has 0 spiro atoms. The molecule has 0 aromatic carbocycles. The van der Waals surface area contributed by atoms with Crippen LogP contribution in [-0.2, 0) is 16.1 Å². The molecule has 29 heavy (non-hydrogen) atoms. The standard InChI is InChI=1S/C21H28N4O4/c1-2-25-11-15(18(24-25)20(27)22-14-6-4-3-5-7-14)23-19(26)16-12-8-9-13(10-12)17(16)21(28)29/h8-9,11-14,16-17H,2-7,10H2,1H3,(H,22,27)(H,23,26)(H,28,29)/t12-,13+,16-,17+/m1/s1. The molecule has 2 bridgehead atoms. The summed E-state index contributed by atoms with van der Waals surface area (Å²) in [6, 6.07) is 0.138. The summed E-state index contributed by atoms with van der Waals surface area (Å²) in [6.45, 7) is 2.47. The molecule has 0 radical (unpaired) electrons. The van der Waals surface area contributed by atoms with Gasteiger partial charge in [0.25, 0.3) is 5.91 Å². The van der Waals surface area contributed by atoms with E-state index in [1.165, 1.54) is 6.42 Å². The van der Waals surface area contributed by atoms with Gasteiger partial charge in [-0.3, -0.25) is 19.1 Å². The Kier molecular flexibility index (Phi) is 5.43. The fourth-order valence-corrected chi connectivity index (χ4v) is 5.08. The van der Waals surface area contributed by atoms with E-state index >= 15 is 0 Å². The number of rotatable bonds is 6. The van der Waals surface area contributed by atoms with Crippen LogP contribution in [0.25, 0.3) is 0 Å². The number of carbonyl (C=O) groups excluding carboxylic acids is 2. The number of aryl methyl sites for hydroxylation is 1. The molecule has 8 nitrogen and oxygen atoms in total. The zero-order chi connectivity index (χ0) is 20.5. The van der Waals surface area contributed by atoms with Crippen molar-refractivity contribution < 1.29 is 19.5 Å². The van der Waals surface area contributed by atoms with Crippen LogP contribution in [0.2, 0.25) is 0 Å². The van der Waals surface area contributed by atoms with Gasteiger partial charge >= 0.3 is 5.97 Å². The molecule has 3 aliphatic carbocycles. The summed E-state index contributed by atoms with van der Waals surface area (Å²) in [6.07, 6.45) is 11.5. The molecule has 156 valence electrons. The van der Waals surface area contributed by atoms with Crippen LogP contribution in [0.15, 0.2) is 18.3 Å². The van der Waals surface area contributed by atoms with Crippen molar-refractivity contribution in [3.63, 3.8) is 0 Å². The van der Waals surface area contributed by atoms with Gasteiger partial charge in [-0.25, -0.2) is 0 Å². The predicted octanol–water partition coefficient (Wildman–Crippen LogP) is 2.43. The fraction of sp³-hybridized carbons (Fsp3) is 0.619. The van der Waals surface area contributed by atoms with Crippen molar-refractivity contribution in [2.24, 2.45) is 23.7 Å². The minimum atomic E-state index is -0.943. The number of carboxylic acid groups (broad SMARTS) is 1. The highest BCUT2D eigenvalue weighted by molar-refractivity contribution is 6.03. The topological polar surface area (TPSA) is 113 Å². The van der Waals surface area contributed by atoms with Crippen molar-refractivity contribution in [3.05, 3.63) is 24.0 Å². The lowest BCUT2D eigenvalue weighted by molar-refractivity contribution is -0.146. The molecular formula is C21H28N4O4. The third kappa shape index (κ3) is 3.80. The number of nitrogens with one attached hydrogen (secondary N) is 2. The van der Waals surface area contributed by atoms with Crippen LogP contribution in [0.5, 0.6) is 0 Å². The second-order valence-corrected chi connectivity index (χ2v) is 8.38. The maximum Gasteiger partial charge on any atom is 0.307 e. The monoisotopic (exact) mass is 400 g/mol. The average Bonchev–Trinajstić information content (AvgIpc) is 3.42. The van der Waals surface area contributed by atoms with Gasteiger partial charge in [-0.15, -0.1) is 0 Å². The Morgan fingerprint density at radius 3 is 2.48 bits per heavy atom. The second kappa shape index (κ2) is 8.00. The molecule has 2 amide bonds. The minimum Gasteiger partial charge on any atom is -0.481 e. The third-order valence-electron chi connectivity index (χ3n) is 6.55. The summed E-state index contributed by atoms with van der Waals surface area (Å²) in [5, 5.41) is 19.8. The Morgan fingerprint density at radius 1 is 1.14 bits per heavy atom. The van der Waals surface area contributed by atoms with E-state index in [9.17, 15) is 19.5 Å². The first-order chi connectivity index (χ1) is 14.0. The molecular weight excluding hydrogens is 372 g/mol. The third-order valence-corrected chi connectivity index (χ3v) is 6.55. The van der Waals surface area contributed by atoms with Crippen LogP contribution in [-0.4, -0.2) is 38.7 Å². The number of carbonyl (C=O) groups is 3. The first kappa shape index (κ1) is 19.7. The number of fused-ring (bicyclic) bond motifs is 2. The van der Waals surface area contributed by atoms with Gasteiger partial charge in [0.15, 0.2) is 5.69 Å². The Bertz CT molecular complexity index is 840. The number of aromatic nitrogens is 2. The molecule has 8 heteroatoms. The molecule has 4 atom stereocenters. The van der Waals surface area contributed by atoms with E-state index in [-0.39, 0.29) is 35.4 Å². The molecule has 1 heterocycles. The van der Waals surface area contributed by atoms with E-state index in [0.717, 1.165) is 25.7 Å². The summed E-state index contributed by atoms with van der Waals surface area (Å²) in [4.78, 5) is 37.5. The van der Waals surface area contributed by atoms with Crippen LogP contribution in [0.3, 0.4) is 0 Å². The van der Waals surface area contributed by atoms with E-state index in [0.29, 0.717) is 18.7 Å². The second-order valence-electron chi connectivity index (χ2n) is 8.38. The van der Waals surface area contributed by atoms with Crippen molar-refractivity contribution in [1.82, 2.24) is 15.1 Å². The van der Waals surface area contributed by atoms with E-state index in [2.05, 4.69) is 15.7 Å². The minimum absolute atomic E-state index is 0.0677. The van der Waals surface area contributed by atoms with Crippen molar-refractivity contribution in [2.75, 3.05) is 5.32 Å². The van der Waals surface area contributed by atoms with Crippen molar-refractivity contribution in [2.45, 2.75) is 58.0 Å². The van der Waals surface area contributed by atoms with Crippen LogP contribution >= 0.6 is 0 Å². The lowest BCUT2D eigenvalue weighted by atomic mass is 9.82. The van der Waals surface area contributed by atoms with Crippen molar-refractivity contribution >= 4 is 23.5 Å². The van der Waals surface area contributed by atoms with E-state index in [1.54, 1.807) is 10.9 Å². The number of nitrogens with zero attached hydrogens (tertiary/aromatic N) is 2. The largest absolute Gasteiger partial charge is 0.481 e. The number of amides is 2. The average molecular weight is 400 g/mol. The van der Waals surface area contributed by atoms with Gasteiger partial charge in [0, 0.05) is 18.8 Å². The number of hydrogen-bond donors (Lipinski definition) is 3. The Balaban J connectivity index is 1.51. The Labute approximate surface area is 169 Å². The number of carboxylic acids is 1. The molecule has 3 aliphatic rings. The quantitative estimate of drug-likeness (QED) is 0.635. The predicted molar refractivity (Wildman–Crippen MR) is 106 cm³/mol.